The number of amides is 1. The molecule has 5 heteroatoms. The van der Waals surface area contributed by atoms with Gasteiger partial charge in [0, 0.05) is 22.6 Å². The Morgan fingerprint density at radius 3 is 2.19 bits per heavy atom. The maximum atomic E-state index is 11.7. The van der Waals surface area contributed by atoms with Crippen molar-refractivity contribution in [2.24, 2.45) is 0 Å². The Kier molecular flexibility index (Phi) is 6.23. The predicted octanol–water partition coefficient (Wildman–Crippen LogP) is 3.51. The Labute approximate surface area is 137 Å². The zero-order valence-corrected chi connectivity index (χ0v) is 13.7. The van der Waals surface area contributed by atoms with Crippen LogP contribution in [0.15, 0.2) is 53.0 Å². The molecule has 0 aliphatic carbocycles. The van der Waals surface area contributed by atoms with Crippen LogP contribution in [0.3, 0.4) is 0 Å². The third kappa shape index (κ3) is 5.87. The molecule has 0 aliphatic heterocycles. The van der Waals surface area contributed by atoms with Gasteiger partial charge in [0.2, 0.25) is 5.91 Å². The minimum absolute atomic E-state index is 0.0259. The Balaban J connectivity index is 1.67. The van der Waals surface area contributed by atoms with E-state index >= 15 is 0 Å². The first-order chi connectivity index (χ1) is 10.1. The first-order valence-corrected chi connectivity index (χ1v) is 7.77. The van der Waals surface area contributed by atoms with Gasteiger partial charge in [-0.1, -0.05) is 51.8 Å². The summed E-state index contributed by atoms with van der Waals surface area (Å²) in [5.41, 5.74) is 2.17. The molecule has 2 aromatic rings. The Hall–Kier alpha value is -1.36. The summed E-state index contributed by atoms with van der Waals surface area (Å²) in [5, 5.41) is 6.68. The van der Waals surface area contributed by atoms with Crippen LogP contribution in [0.5, 0.6) is 0 Å². The zero-order valence-electron chi connectivity index (χ0n) is 11.4. The summed E-state index contributed by atoms with van der Waals surface area (Å²) >= 11 is 9.20. The Bertz CT molecular complexity index is 584. The third-order valence-corrected chi connectivity index (χ3v) is 3.71. The van der Waals surface area contributed by atoms with Crippen LogP contribution in [0.4, 0.5) is 0 Å². The van der Waals surface area contributed by atoms with E-state index in [4.69, 9.17) is 11.6 Å². The SMILES string of the molecule is O=C(CNCc1ccc(Br)cc1)NCc1ccc(Cl)cc1. The maximum Gasteiger partial charge on any atom is 0.234 e. The number of rotatable bonds is 6. The van der Waals surface area contributed by atoms with E-state index in [1.165, 1.54) is 0 Å². The predicted molar refractivity (Wildman–Crippen MR) is 89.1 cm³/mol. The second-order valence-corrected chi connectivity index (χ2v) is 5.99. The van der Waals surface area contributed by atoms with E-state index < -0.39 is 0 Å². The van der Waals surface area contributed by atoms with Crippen LogP contribution in [0, 0.1) is 0 Å². The first-order valence-electron chi connectivity index (χ1n) is 6.60. The second-order valence-electron chi connectivity index (χ2n) is 4.63. The van der Waals surface area contributed by atoms with Crippen molar-refractivity contribution in [3.8, 4) is 0 Å². The average molecular weight is 368 g/mol. The molecule has 0 unspecified atom stereocenters. The third-order valence-electron chi connectivity index (χ3n) is 2.93. The number of hydrogen-bond acceptors (Lipinski definition) is 2. The van der Waals surface area contributed by atoms with Crippen molar-refractivity contribution < 1.29 is 4.79 Å². The van der Waals surface area contributed by atoms with E-state index in [1.807, 2.05) is 48.5 Å². The van der Waals surface area contributed by atoms with Crippen molar-refractivity contribution >= 4 is 33.4 Å². The van der Waals surface area contributed by atoms with Crippen molar-refractivity contribution in [3.05, 3.63) is 69.2 Å². The lowest BCUT2D eigenvalue weighted by Crippen LogP contribution is -2.33. The fraction of sp³-hybridized carbons (Fsp3) is 0.188. The fourth-order valence-electron chi connectivity index (χ4n) is 1.79. The average Bonchev–Trinajstić information content (AvgIpc) is 2.49. The van der Waals surface area contributed by atoms with Crippen molar-refractivity contribution in [3.63, 3.8) is 0 Å². The number of hydrogen-bond donors (Lipinski definition) is 2. The molecule has 0 fully saturated rings. The molecular formula is C16H16BrClN2O. The summed E-state index contributed by atoms with van der Waals surface area (Å²) in [6, 6.07) is 15.4. The largest absolute Gasteiger partial charge is 0.351 e. The molecule has 2 aromatic carbocycles. The van der Waals surface area contributed by atoms with Crippen LogP contribution in [0.25, 0.3) is 0 Å². The molecule has 21 heavy (non-hydrogen) atoms. The van der Waals surface area contributed by atoms with E-state index in [1.54, 1.807) is 0 Å². The maximum absolute atomic E-state index is 11.7. The smallest absolute Gasteiger partial charge is 0.234 e. The van der Waals surface area contributed by atoms with E-state index in [0.717, 1.165) is 15.6 Å². The van der Waals surface area contributed by atoms with Gasteiger partial charge in [-0.2, -0.15) is 0 Å². The molecule has 0 spiro atoms. The second kappa shape index (κ2) is 8.17. The van der Waals surface area contributed by atoms with Gasteiger partial charge in [-0.15, -0.1) is 0 Å². The lowest BCUT2D eigenvalue weighted by atomic mass is 10.2. The topological polar surface area (TPSA) is 41.1 Å². The number of carbonyl (C=O) groups is 1. The molecular weight excluding hydrogens is 352 g/mol. The summed E-state index contributed by atoms with van der Waals surface area (Å²) in [7, 11) is 0. The minimum Gasteiger partial charge on any atom is -0.351 e. The van der Waals surface area contributed by atoms with E-state index in [0.29, 0.717) is 24.7 Å². The number of carbonyl (C=O) groups excluding carboxylic acids is 1. The van der Waals surface area contributed by atoms with Crippen LogP contribution in [-0.2, 0) is 17.9 Å². The summed E-state index contributed by atoms with van der Waals surface area (Å²) in [5.74, 6) is -0.0259. The quantitative estimate of drug-likeness (QED) is 0.820. The van der Waals surface area contributed by atoms with Crippen molar-refractivity contribution in [2.75, 3.05) is 6.54 Å². The van der Waals surface area contributed by atoms with Gasteiger partial charge in [0.05, 0.1) is 6.54 Å². The number of nitrogens with one attached hydrogen (secondary N) is 2. The zero-order chi connectivity index (χ0) is 15.1. The lowest BCUT2D eigenvalue weighted by molar-refractivity contribution is -0.120. The molecule has 0 saturated heterocycles. The van der Waals surface area contributed by atoms with Crippen LogP contribution >= 0.6 is 27.5 Å². The van der Waals surface area contributed by atoms with Gasteiger partial charge in [0.15, 0.2) is 0 Å². The molecule has 0 aromatic heterocycles. The Morgan fingerprint density at radius 1 is 0.952 bits per heavy atom. The standard InChI is InChI=1S/C16H16BrClN2O/c17-14-5-1-12(2-6-14)9-19-11-16(21)20-10-13-3-7-15(18)8-4-13/h1-8,19H,9-11H2,(H,20,21). The molecule has 0 bridgehead atoms. The van der Waals surface area contributed by atoms with Crippen LogP contribution < -0.4 is 10.6 Å². The van der Waals surface area contributed by atoms with E-state index in [9.17, 15) is 4.79 Å². The lowest BCUT2D eigenvalue weighted by Gasteiger charge is -2.07. The normalized spacial score (nSPS) is 10.4. The molecule has 3 nitrogen and oxygen atoms in total. The molecule has 0 heterocycles. The highest BCUT2D eigenvalue weighted by atomic mass is 79.9. The van der Waals surface area contributed by atoms with Gasteiger partial charge in [-0.25, -0.2) is 0 Å². The molecule has 2 N–H and O–H groups in total. The van der Waals surface area contributed by atoms with E-state index in [2.05, 4.69) is 26.6 Å². The summed E-state index contributed by atoms with van der Waals surface area (Å²) in [4.78, 5) is 11.7. The Morgan fingerprint density at radius 2 is 1.52 bits per heavy atom. The number of benzene rings is 2. The van der Waals surface area contributed by atoms with E-state index in [-0.39, 0.29) is 5.91 Å². The van der Waals surface area contributed by atoms with Crippen molar-refractivity contribution in [1.29, 1.82) is 0 Å². The number of halogens is 2. The van der Waals surface area contributed by atoms with Crippen LogP contribution in [-0.4, -0.2) is 12.5 Å². The molecule has 0 saturated carbocycles. The fourth-order valence-corrected chi connectivity index (χ4v) is 2.18. The molecule has 110 valence electrons. The minimum atomic E-state index is -0.0259. The molecule has 1 amide bonds. The van der Waals surface area contributed by atoms with Gasteiger partial charge in [-0.3, -0.25) is 4.79 Å². The van der Waals surface area contributed by atoms with Gasteiger partial charge < -0.3 is 10.6 Å². The highest BCUT2D eigenvalue weighted by Gasteiger charge is 2.01. The van der Waals surface area contributed by atoms with Gasteiger partial charge in [0.1, 0.15) is 0 Å². The highest BCUT2D eigenvalue weighted by Crippen LogP contribution is 2.10. The summed E-state index contributed by atoms with van der Waals surface area (Å²) in [6.45, 7) is 1.47. The van der Waals surface area contributed by atoms with Gasteiger partial charge >= 0.3 is 0 Å². The molecule has 0 aliphatic rings. The molecule has 2 rings (SSSR count). The van der Waals surface area contributed by atoms with Gasteiger partial charge in [-0.05, 0) is 35.4 Å². The first kappa shape index (κ1) is 16.0. The van der Waals surface area contributed by atoms with Crippen molar-refractivity contribution in [1.82, 2.24) is 10.6 Å². The molecule has 0 atom stereocenters. The summed E-state index contributed by atoms with van der Waals surface area (Å²) in [6.07, 6.45) is 0. The van der Waals surface area contributed by atoms with Gasteiger partial charge in [0.25, 0.3) is 0 Å². The molecule has 0 radical (unpaired) electrons. The summed E-state index contributed by atoms with van der Waals surface area (Å²) < 4.78 is 1.05. The highest BCUT2D eigenvalue weighted by molar-refractivity contribution is 9.10. The monoisotopic (exact) mass is 366 g/mol. The van der Waals surface area contributed by atoms with Crippen molar-refractivity contribution in [2.45, 2.75) is 13.1 Å². The van der Waals surface area contributed by atoms with Crippen LogP contribution in [0.2, 0.25) is 5.02 Å². The van der Waals surface area contributed by atoms with Crippen LogP contribution in [0.1, 0.15) is 11.1 Å².